The minimum atomic E-state index is 0.0646. The van der Waals surface area contributed by atoms with Gasteiger partial charge in [-0.1, -0.05) is 6.58 Å². The molecule has 0 fully saturated rings. The van der Waals surface area contributed by atoms with Crippen LogP contribution in [-0.2, 0) is 0 Å². The highest BCUT2D eigenvalue weighted by atomic mass is 15.2. The van der Waals surface area contributed by atoms with Crippen molar-refractivity contribution in [1.29, 1.82) is 10.9 Å². The molecular formula is C7H13N7. The van der Waals surface area contributed by atoms with Gasteiger partial charge >= 0.3 is 0 Å². The molecule has 0 rings (SSSR count). The van der Waals surface area contributed by atoms with Crippen molar-refractivity contribution in [2.45, 2.75) is 6.92 Å². The van der Waals surface area contributed by atoms with Gasteiger partial charge in [-0.3, -0.25) is 0 Å². The van der Waals surface area contributed by atoms with Gasteiger partial charge in [-0.05, 0) is 6.92 Å². The normalized spacial score (nSPS) is 12.8. The molecule has 0 amide bonds. The zero-order valence-corrected chi connectivity index (χ0v) is 7.83. The fraction of sp³-hybridized carbons (Fsp3) is 0.143. The molecule has 0 radical (unpaired) electrons. The smallest absolute Gasteiger partial charge is 0.158 e. The molecule has 0 aliphatic carbocycles. The number of allylic oxidation sites excluding steroid dienone is 1. The van der Waals surface area contributed by atoms with Gasteiger partial charge in [0.05, 0.1) is 11.5 Å². The SMILES string of the molecule is C=C(N=N)NC(/N=C(\C)N)=C(\N)C=N. The Bertz CT molecular complexity index is 308. The van der Waals surface area contributed by atoms with Crippen molar-refractivity contribution in [2.24, 2.45) is 21.6 Å². The average molecular weight is 195 g/mol. The van der Waals surface area contributed by atoms with Crippen LogP contribution in [-0.4, -0.2) is 12.1 Å². The Hall–Kier alpha value is -2.18. The molecule has 7 heteroatoms. The summed E-state index contributed by atoms with van der Waals surface area (Å²) in [6, 6.07) is 0. The molecule has 0 heterocycles. The van der Waals surface area contributed by atoms with Crippen molar-refractivity contribution in [1.82, 2.24) is 5.32 Å². The first-order valence-corrected chi connectivity index (χ1v) is 3.65. The Morgan fingerprint density at radius 2 is 2.07 bits per heavy atom. The molecule has 14 heavy (non-hydrogen) atoms. The summed E-state index contributed by atoms with van der Waals surface area (Å²) in [7, 11) is 0. The fourth-order valence-electron chi connectivity index (χ4n) is 0.574. The molecule has 0 unspecified atom stereocenters. The number of nitrogens with zero attached hydrogens (tertiary/aromatic N) is 2. The largest absolute Gasteiger partial charge is 0.394 e. The van der Waals surface area contributed by atoms with E-state index >= 15 is 0 Å². The third-order valence-corrected chi connectivity index (χ3v) is 1.11. The lowest BCUT2D eigenvalue weighted by Gasteiger charge is -2.06. The molecule has 0 spiro atoms. The summed E-state index contributed by atoms with van der Waals surface area (Å²) in [5, 5.41) is 12.5. The zero-order chi connectivity index (χ0) is 11.1. The summed E-state index contributed by atoms with van der Waals surface area (Å²) in [5.41, 5.74) is 17.5. The molecule has 0 bridgehead atoms. The van der Waals surface area contributed by atoms with Crippen LogP contribution in [0.2, 0.25) is 0 Å². The number of hydrogen-bond donors (Lipinski definition) is 5. The Balaban J connectivity index is 4.93. The van der Waals surface area contributed by atoms with Gasteiger partial charge in [-0.2, -0.15) is 0 Å². The van der Waals surface area contributed by atoms with Crippen LogP contribution in [0.3, 0.4) is 0 Å². The monoisotopic (exact) mass is 195 g/mol. The molecule has 0 aromatic rings. The number of nitrogens with one attached hydrogen (secondary N) is 3. The minimum Gasteiger partial charge on any atom is -0.394 e. The third-order valence-electron chi connectivity index (χ3n) is 1.11. The summed E-state index contributed by atoms with van der Waals surface area (Å²) in [4.78, 5) is 3.82. The van der Waals surface area contributed by atoms with Crippen LogP contribution < -0.4 is 16.8 Å². The molecule has 0 saturated carbocycles. The zero-order valence-electron chi connectivity index (χ0n) is 7.83. The van der Waals surface area contributed by atoms with Crippen molar-refractivity contribution < 1.29 is 0 Å². The van der Waals surface area contributed by atoms with Gasteiger partial charge in [-0.15, -0.1) is 5.11 Å². The standard InChI is InChI=1S/C7H13N7/c1-4(9)12-7(6(10)3-8)13-5(2)14-11/h3,8,11,13H,2,10H2,1H3,(H2,9,12)/b7-6-,8-3?,14-11?. The number of hydrogen-bond acceptors (Lipinski definition) is 6. The molecule has 0 aromatic carbocycles. The Morgan fingerprint density at radius 1 is 1.50 bits per heavy atom. The average Bonchev–Trinajstić information content (AvgIpc) is 2.14. The molecule has 0 aliphatic heterocycles. The van der Waals surface area contributed by atoms with Crippen molar-refractivity contribution in [3.05, 3.63) is 23.9 Å². The van der Waals surface area contributed by atoms with Crippen LogP contribution in [0, 0.1) is 10.9 Å². The van der Waals surface area contributed by atoms with Crippen molar-refractivity contribution in [3.63, 3.8) is 0 Å². The van der Waals surface area contributed by atoms with Gasteiger partial charge in [-0.25, -0.2) is 10.5 Å². The van der Waals surface area contributed by atoms with Gasteiger partial charge in [0.25, 0.3) is 0 Å². The van der Waals surface area contributed by atoms with E-state index in [1.807, 2.05) is 0 Å². The van der Waals surface area contributed by atoms with E-state index in [2.05, 4.69) is 22.0 Å². The predicted molar refractivity (Wildman–Crippen MR) is 54.7 cm³/mol. The topological polar surface area (TPSA) is 136 Å². The maximum Gasteiger partial charge on any atom is 0.158 e. The van der Waals surface area contributed by atoms with Crippen LogP contribution in [0.25, 0.3) is 0 Å². The van der Waals surface area contributed by atoms with Gasteiger partial charge in [0.15, 0.2) is 5.82 Å². The van der Waals surface area contributed by atoms with Gasteiger partial charge < -0.3 is 22.2 Å². The molecule has 0 aliphatic rings. The molecule has 7 nitrogen and oxygen atoms in total. The number of aliphatic imine (C=N–C) groups is 1. The Kier molecular flexibility index (Phi) is 4.61. The molecular weight excluding hydrogens is 182 g/mol. The highest BCUT2D eigenvalue weighted by Crippen LogP contribution is 1.99. The lowest BCUT2D eigenvalue weighted by molar-refractivity contribution is 0.869. The van der Waals surface area contributed by atoms with Crippen LogP contribution in [0.5, 0.6) is 0 Å². The van der Waals surface area contributed by atoms with E-state index in [1.54, 1.807) is 6.92 Å². The Labute approximate surface area is 81.6 Å². The van der Waals surface area contributed by atoms with E-state index in [0.717, 1.165) is 6.21 Å². The van der Waals surface area contributed by atoms with Gasteiger partial charge in [0.1, 0.15) is 5.82 Å². The third kappa shape index (κ3) is 4.00. The van der Waals surface area contributed by atoms with E-state index in [4.69, 9.17) is 22.4 Å². The van der Waals surface area contributed by atoms with Gasteiger partial charge in [0, 0.05) is 6.21 Å². The molecule has 7 N–H and O–H groups in total. The highest BCUT2D eigenvalue weighted by Gasteiger charge is 2.01. The van der Waals surface area contributed by atoms with Crippen LogP contribution in [0.1, 0.15) is 6.92 Å². The lowest BCUT2D eigenvalue weighted by Crippen LogP contribution is -2.19. The maximum atomic E-state index is 6.92. The highest BCUT2D eigenvalue weighted by molar-refractivity contribution is 5.81. The molecule has 76 valence electrons. The Morgan fingerprint density at radius 3 is 2.43 bits per heavy atom. The van der Waals surface area contributed by atoms with E-state index in [1.165, 1.54) is 0 Å². The summed E-state index contributed by atoms with van der Waals surface area (Å²) >= 11 is 0. The first-order chi connectivity index (χ1) is 6.51. The summed E-state index contributed by atoms with van der Waals surface area (Å²) in [5.74, 6) is 0.492. The van der Waals surface area contributed by atoms with E-state index < -0.39 is 0 Å². The second kappa shape index (κ2) is 5.46. The van der Waals surface area contributed by atoms with Crippen LogP contribution in [0.15, 0.2) is 34.0 Å². The lowest BCUT2D eigenvalue weighted by atomic mass is 10.4. The van der Waals surface area contributed by atoms with Crippen molar-refractivity contribution in [3.8, 4) is 0 Å². The molecule has 0 saturated heterocycles. The van der Waals surface area contributed by atoms with E-state index in [-0.39, 0.29) is 23.2 Å². The molecule has 0 atom stereocenters. The summed E-state index contributed by atoms with van der Waals surface area (Å²) in [6.45, 7) is 4.97. The second-order valence-electron chi connectivity index (χ2n) is 2.38. The van der Waals surface area contributed by atoms with Crippen molar-refractivity contribution >= 4 is 12.1 Å². The van der Waals surface area contributed by atoms with E-state index in [0.29, 0.717) is 0 Å². The maximum absolute atomic E-state index is 6.92. The second-order valence-corrected chi connectivity index (χ2v) is 2.38. The van der Waals surface area contributed by atoms with Crippen LogP contribution >= 0.6 is 0 Å². The summed E-state index contributed by atoms with van der Waals surface area (Å²) < 4.78 is 0. The number of nitrogens with two attached hydrogens (primary N) is 2. The predicted octanol–water partition coefficient (Wildman–Crippen LogP) is 0.233. The first kappa shape index (κ1) is 11.8. The van der Waals surface area contributed by atoms with Crippen LogP contribution in [0.4, 0.5) is 0 Å². The fourth-order valence-corrected chi connectivity index (χ4v) is 0.574. The summed E-state index contributed by atoms with van der Waals surface area (Å²) in [6.07, 6.45) is 0.909. The number of amidine groups is 1. The van der Waals surface area contributed by atoms with Crippen molar-refractivity contribution in [2.75, 3.05) is 0 Å². The first-order valence-electron chi connectivity index (χ1n) is 3.65. The molecule has 0 aromatic heterocycles. The quantitative estimate of drug-likeness (QED) is 0.244. The van der Waals surface area contributed by atoms with Gasteiger partial charge in [0.2, 0.25) is 0 Å². The minimum absolute atomic E-state index is 0.0646. The number of rotatable bonds is 5. The van der Waals surface area contributed by atoms with E-state index in [9.17, 15) is 0 Å².